The molecule has 0 aromatic carbocycles. The van der Waals surface area contributed by atoms with Crippen molar-refractivity contribution < 1.29 is 14.4 Å². The molecule has 0 amide bonds. The molecule has 0 aliphatic heterocycles. The fourth-order valence-electron chi connectivity index (χ4n) is 3.60. The van der Waals surface area contributed by atoms with Gasteiger partial charge in [0.2, 0.25) is 0 Å². The van der Waals surface area contributed by atoms with Crippen molar-refractivity contribution in [1.82, 2.24) is 0 Å². The molecule has 6 heteroatoms. The zero-order valence-electron chi connectivity index (χ0n) is 18.0. The highest BCUT2D eigenvalue weighted by Gasteiger charge is 2.10. The molecule has 3 nitrogen and oxygen atoms in total. The zero-order chi connectivity index (χ0) is 20.9. The van der Waals surface area contributed by atoms with E-state index in [1.54, 1.807) is 0 Å². The molecule has 28 heavy (non-hydrogen) atoms. The van der Waals surface area contributed by atoms with Gasteiger partial charge in [-0.3, -0.25) is 4.57 Å². The third-order valence-electron chi connectivity index (χ3n) is 5.34. The van der Waals surface area contributed by atoms with Crippen LogP contribution in [0.5, 0.6) is 0 Å². The van der Waals surface area contributed by atoms with Crippen LogP contribution in [0.25, 0.3) is 0 Å². The number of hydrogen-bond donors (Lipinski definition) is 3. The smallest absolute Gasteiger partial charge is 0.324 e. The van der Waals surface area contributed by atoms with E-state index in [4.69, 9.17) is 22.0 Å². The molecule has 0 aromatic heterocycles. The van der Waals surface area contributed by atoms with Gasteiger partial charge in [0.25, 0.3) is 0 Å². The number of thiol groups is 1. The molecule has 0 saturated heterocycles. The fraction of sp³-hybridized carbons (Fsp3) is 0.955. The maximum Gasteiger partial charge on any atom is 0.325 e. The van der Waals surface area contributed by atoms with E-state index in [0.29, 0.717) is 6.42 Å². The Morgan fingerprint density at radius 3 is 1.07 bits per heavy atom. The first-order chi connectivity index (χ1) is 13.4. The summed E-state index contributed by atoms with van der Waals surface area (Å²) < 4.78 is 11.6. The third kappa shape index (κ3) is 26.6. The molecule has 0 atom stereocenters. The molecule has 0 unspecified atom stereocenters. The van der Waals surface area contributed by atoms with Gasteiger partial charge in [0.1, 0.15) is 0 Å². The lowest BCUT2D eigenvalue weighted by molar-refractivity contribution is 0.370. The molecule has 0 radical (unpaired) electrons. The second-order valence-electron chi connectivity index (χ2n) is 8.25. The van der Waals surface area contributed by atoms with Crippen molar-refractivity contribution in [1.29, 1.82) is 0 Å². The van der Waals surface area contributed by atoms with Gasteiger partial charge >= 0.3 is 7.60 Å². The number of hydrogen-bond acceptors (Lipinski definition) is 2. The monoisotopic (exact) mass is 452 g/mol. The van der Waals surface area contributed by atoms with Crippen molar-refractivity contribution >= 4 is 36.6 Å². The minimum Gasteiger partial charge on any atom is -0.324 e. The Labute approximate surface area is 185 Å². The molecular weight excluding hydrogens is 407 g/mol. The van der Waals surface area contributed by atoms with Crippen LogP contribution >= 0.6 is 32.4 Å². The van der Waals surface area contributed by atoms with Crippen molar-refractivity contribution in [2.24, 2.45) is 0 Å². The van der Waals surface area contributed by atoms with E-state index in [1.165, 1.54) is 103 Å². The average Bonchev–Trinajstić information content (AvgIpc) is 2.61. The van der Waals surface area contributed by atoms with E-state index >= 15 is 0 Å². The Kier molecular flexibility index (Phi) is 21.3. The normalized spacial score (nSPS) is 11.8. The lowest BCUT2D eigenvalue weighted by Crippen LogP contribution is -1.88. The summed E-state index contributed by atoms with van der Waals surface area (Å²) in [5.41, 5.74) is 0. The lowest BCUT2D eigenvalue weighted by Gasteiger charge is -2.05. The summed E-state index contributed by atoms with van der Waals surface area (Å²) in [6.07, 6.45) is 25.3. The highest BCUT2D eigenvalue weighted by atomic mass is 32.1. The summed E-state index contributed by atoms with van der Waals surface area (Å²) in [5.74, 6) is 0. The first-order valence-corrected chi connectivity index (χ1v) is 14.3. The van der Waals surface area contributed by atoms with Gasteiger partial charge in [-0.05, 0) is 19.3 Å². The Balaban J connectivity index is 3.05. The van der Waals surface area contributed by atoms with Crippen molar-refractivity contribution in [2.75, 3.05) is 6.16 Å². The molecule has 0 aliphatic carbocycles. The van der Waals surface area contributed by atoms with E-state index in [-0.39, 0.29) is 6.16 Å². The van der Waals surface area contributed by atoms with Gasteiger partial charge < -0.3 is 9.79 Å². The minimum atomic E-state index is -3.77. The van der Waals surface area contributed by atoms with Crippen LogP contribution in [0.4, 0.5) is 0 Å². The Bertz CT molecular complexity index is 399. The van der Waals surface area contributed by atoms with E-state index in [1.807, 2.05) is 0 Å². The van der Waals surface area contributed by atoms with E-state index in [9.17, 15) is 4.57 Å². The largest absolute Gasteiger partial charge is 0.325 e. The van der Waals surface area contributed by atoms with Crippen LogP contribution in [0.15, 0.2) is 0 Å². The standard InChI is InChI=1S/C22H45O3PS2/c23-26(24,25)21-19-17-15-13-11-9-7-5-3-1-2-4-6-8-10-12-14-16-18-20-22(27)28/h1-21H2,(H,27,28)(H2,23,24,25). The van der Waals surface area contributed by atoms with Crippen LogP contribution < -0.4 is 0 Å². The fourth-order valence-corrected chi connectivity index (χ4v) is 4.54. The first kappa shape index (κ1) is 28.6. The molecule has 0 fully saturated rings. The predicted molar refractivity (Wildman–Crippen MR) is 131 cm³/mol. The highest BCUT2D eigenvalue weighted by molar-refractivity contribution is 8.11. The van der Waals surface area contributed by atoms with E-state index in [0.717, 1.165) is 23.5 Å². The summed E-state index contributed by atoms with van der Waals surface area (Å²) in [4.78, 5) is 17.6. The van der Waals surface area contributed by atoms with Crippen LogP contribution in [0, 0.1) is 0 Å². The van der Waals surface area contributed by atoms with Crippen LogP contribution in [0.1, 0.15) is 128 Å². The van der Waals surface area contributed by atoms with Crippen molar-refractivity contribution in [3.63, 3.8) is 0 Å². The van der Waals surface area contributed by atoms with Gasteiger partial charge in [0, 0.05) is 10.4 Å². The van der Waals surface area contributed by atoms with Gasteiger partial charge in [-0.25, -0.2) is 0 Å². The van der Waals surface area contributed by atoms with Crippen molar-refractivity contribution in [2.45, 2.75) is 128 Å². The maximum atomic E-state index is 10.7. The quantitative estimate of drug-likeness (QED) is 0.0670. The minimum absolute atomic E-state index is 0.0548. The Morgan fingerprint density at radius 1 is 0.571 bits per heavy atom. The molecule has 168 valence electrons. The number of unbranched alkanes of at least 4 members (excludes halogenated alkanes) is 18. The summed E-state index contributed by atoms with van der Waals surface area (Å²) in [5, 5.41) is 0. The molecule has 0 saturated carbocycles. The van der Waals surface area contributed by atoms with Gasteiger partial charge in [0.15, 0.2) is 0 Å². The van der Waals surface area contributed by atoms with Crippen LogP contribution in [0.3, 0.4) is 0 Å². The van der Waals surface area contributed by atoms with Crippen LogP contribution in [-0.2, 0) is 4.57 Å². The van der Waals surface area contributed by atoms with Gasteiger partial charge in [0.05, 0.1) is 0 Å². The Hall–Kier alpha value is 0.590. The lowest BCUT2D eigenvalue weighted by atomic mass is 10.0. The number of thiocarbonyl (C=S) groups is 1. The number of rotatable bonds is 22. The van der Waals surface area contributed by atoms with Gasteiger partial charge in [-0.15, -0.1) is 12.6 Å². The molecule has 0 aliphatic rings. The van der Waals surface area contributed by atoms with Gasteiger partial charge in [-0.1, -0.05) is 121 Å². The van der Waals surface area contributed by atoms with Gasteiger partial charge in [-0.2, -0.15) is 0 Å². The molecular formula is C22H45O3PS2. The second kappa shape index (κ2) is 20.8. The van der Waals surface area contributed by atoms with Crippen molar-refractivity contribution in [3.8, 4) is 0 Å². The zero-order valence-corrected chi connectivity index (χ0v) is 20.6. The molecule has 2 N–H and O–H groups in total. The third-order valence-corrected chi connectivity index (χ3v) is 6.67. The topological polar surface area (TPSA) is 57.5 Å². The maximum absolute atomic E-state index is 10.7. The summed E-state index contributed by atoms with van der Waals surface area (Å²) in [6.45, 7) is 0. The average molecular weight is 453 g/mol. The summed E-state index contributed by atoms with van der Waals surface area (Å²) in [7, 11) is -3.77. The van der Waals surface area contributed by atoms with E-state index < -0.39 is 7.60 Å². The summed E-state index contributed by atoms with van der Waals surface area (Å²) in [6, 6.07) is 0. The second-order valence-corrected chi connectivity index (χ2v) is 11.4. The van der Waals surface area contributed by atoms with Crippen LogP contribution in [-0.4, -0.2) is 20.1 Å². The van der Waals surface area contributed by atoms with Crippen molar-refractivity contribution in [3.05, 3.63) is 0 Å². The first-order valence-electron chi connectivity index (χ1n) is 11.7. The summed E-state index contributed by atoms with van der Waals surface area (Å²) >= 11 is 9.13. The molecule has 0 spiro atoms. The van der Waals surface area contributed by atoms with E-state index in [2.05, 4.69) is 12.6 Å². The molecule has 0 rings (SSSR count). The molecule has 0 bridgehead atoms. The molecule has 0 aromatic rings. The molecule has 0 heterocycles. The SMILES string of the molecule is O=P(O)(O)CCCCCCCCCCCCCCCCCCCCCC(=S)S. The van der Waals surface area contributed by atoms with Crippen LogP contribution in [0.2, 0.25) is 0 Å². The Morgan fingerprint density at radius 2 is 0.821 bits per heavy atom. The predicted octanol–water partition coefficient (Wildman–Crippen LogP) is 8.22. The highest BCUT2D eigenvalue weighted by Crippen LogP contribution is 2.35.